The van der Waals surface area contributed by atoms with E-state index in [1.807, 2.05) is 0 Å². The molecular weight excluding hydrogens is 263 g/mol. The van der Waals surface area contributed by atoms with Gasteiger partial charge in [0.25, 0.3) is 6.57 Å². The highest BCUT2D eigenvalue weighted by Gasteiger charge is 2.15. The van der Waals surface area contributed by atoms with Crippen LogP contribution in [0.4, 0.5) is 0 Å². The number of unbranched alkanes of at least 4 members (excludes halogenated alkanes) is 7. The van der Waals surface area contributed by atoms with E-state index >= 15 is 0 Å². The van der Waals surface area contributed by atoms with Crippen molar-refractivity contribution in [3.63, 3.8) is 0 Å². The number of rotatable bonds is 13. The molecule has 0 aromatic heterocycles. The van der Waals surface area contributed by atoms with Crippen LogP contribution >= 0.6 is 18.0 Å². The van der Waals surface area contributed by atoms with Crippen molar-refractivity contribution in [1.29, 1.82) is 0 Å². The van der Waals surface area contributed by atoms with Gasteiger partial charge in [0.15, 0.2) is 0 Å². The van der Waals surface area contributed by atoms with Crippen LogP contribution in [0.25, 0.3) is 0 Å². The van der Waals surface area contributed by atoms with Crippen molar-refractivity contribution >= 4 is 18.0 Å². The minimum atomic E-state index is -2.38. The highest BCUT2D eigenvalue weighted by Crippen LogP contribution is 2.56. The second-order valence-corrected chi connectivity index (χ2v) is 10.1. The fraction of sp³-hybridized carbons (Fsp3) is 1.00. The average molecular weight is 294 g/mol. The Bertz CT molecular complexity index is 222. The third kappa shape index (κ3) is 13.0. The maximum Gasteiger partial charge on any atom is 0.254 e. The van der Waals surface area contributed by atoms with Gasteiger partial charge in [-0.3, -0.25) is 4.57 Å². The maximum atomic E-state index is 12.1. The fourth-order valence-corrected chi connectivity index (χ4v) is 4.76. The Kier molecular flexibility index (Phi) is 12.9. The van der Waals surface area contributed by atoms with Gasteiger partial charge in [0, 0.05) is 12.4 Å². The predicted molar refractivity (Wildman–Crippen MR) is 84.8 cm³/mol. The minimum Gasteiger partial charge on any atom is -0.321 e. The summed E-state index contributed by atoms with van der Waals surface area (Å²) in [4.78, 5) is 0. The first-order valence-corrected chi connectivity index (χ1v) is 11.1. The fourth-order valence-electron chi connectivity index (χ4n) is 1.73. The molecule has 18 heavy (non-hydrogen) atoms. The van der Waals surface area contributed by atoms with Crippen molar-refractivity contribution in [2.45, 2.75) is 71.6 Å². The second-order valence-electron chi connectivity index (χ2n) is 4.91. The van der Waals surface area contributed by atoms with E-state index in [1.54, 1.807) is 6.66 Å². The van der Waals surface area contributed by atoms with E-state index in [0.717, 1.165) is 18.6 Å². The van der Waals surface area contributed by atoms with Gasteiger partial charge in [-0.2, -0.15) is 0 Å². The lowest BCUT2D eigenvalue weighted by Crippen LogP contribution is -1.92. The first-order valence-electron chi connectivity index (χ1n) is 7.49. The summed E-state index contributed by atoms with van der Waals surface area (Å²) in [5.74, 6) is 0.976. The Morgan fingerprint density at radius 3 is 2.06 bits per heavy atom. The molecule has 0 amide bonds. The Hall–Kier alpha value is 0.540. The van der Waals surface area contributed by atoms with Crippen LogP contribution in [0.5, 0.6) is 0 Å². The third-order valence-corrected chi connectivity index (χ3v) is 6.76. The van der Waals surface area contributed by atoms with E-state index in [9.17, 15) is 4.57 Å². The van der Waals surface area contributed by atoms with Crippen molar-refractivity contribution in [3.8, 4) is 0 Å². The quantitative estimate of drug-likeness (QED) is 0.303. The molecule has 0 radical (unpaired) electrons. The highest BCUT2D eigenvalue weighted by molar-refractivity contribution is 8.56. The lowest BCUT2D eigenvalue weighted by molar-refractivity contribution is 0.315. The van der Waals surface area contributed by atoms with Gasteiger partial charge in [-0.25, -0.2) is 0 Å². The van der Waals surface area contributed by atoms with Crippen LogP contribution in [0.15, 0.2) is 0 Å². The third-order valence-electron chi connectivity index (χ3n) is 2.90. The summed E-state index contributed by atoms with van der Waals surface area (Å²) in [7, 11) is 0. The van der Waals surface area contributed by atoms with Crippen LogP contribution in [0, 0.1) is 0 Å². The van der Waals surface area contributed by atoms with Crippen molar-refractivity contribution in [2.75, 3.05) is 19.0 Å². The number of hydrogen-bond donors (Lipinski definition) is 0. The molecule has 110 valence electrons. The molecule has 0 saturated carbocycles. The zero-order valence-electron chi connectivity index (χ0n) is 12.5. The smallest absolute Gasteiger partial charge is 0.254 e. The van der Waals surface area contributed by atoms with E-state index in [4.69, 9.17) is 4.52 Å². The van der Waals surface area contributed by atoms with Crippen LogP contribution < -0.4 is 0 Å². The molecule has 0 aliphatic rings. The van der Waals surface area contributed by atoms with Gasteiger partial charge in [-0.1, -0.05) is 70.2 Å². The van der Waals surface area contributed by atoms with Crippen molar-refractivity contribution < 1.29 is 9.09 Å². The molecule has 0 heterocycles. The molecule has 1 unspecified atom stereocenters. The van der Waals surface area contributed by atoms with Crippen molar-refractivity contribution in [3.05, 3.63) is 0 Å². The van der Waals surface area contributed by atoms with Crippen molar-refractivity contribution in [1.82, 2.24) is 0 Å². The van der Waals surface area contributed by atoms with Gasteiger partial charge in [-0.15, -0.1) is 0 Å². The SMILES string of the molecule is CCCCCCCOP(C)(=O)SCCCCCC. The Balaban J connectivity index is 3.40. The molecule has 0 spiro atoms. The molecule has 0 aliphatic heterocycles. The minimum absolute atomic E-state index is 0.666. The van der Waals surface area contributed by atoms with E-state index in [2.05, 4.69) is 13.8 Å². The predicted octanol–water partition coefficient (Wildman–Crippen LogP) is 6.11. The van der Waals surface area contributed by atoms with Crippen LogP contribution in [0.3, 0.4) is 0 Å². The summed E-state index contributed by atoms with van der Waals surface area (Å²) in [5, 5.41) is 0. The standard InChI is InChI=1S/C14H31O2PS/c1-4-6-8-10-11-13-16-17(3,15)18-14-12-9-7-5-2/h4-14H2,1-3H3. The molecule has 1 atom stereocenters. The van der Waals surface area contributed by atoms with Crippen LogP contribution in [0.2, 0.25) is 0 Å². The Labute approximate surface area is 118 Å². The molecule has 0 rings (SSSR count). The van der Waals surface area contributed by atoms with E-state index in [0.29, 0.717) is 6.61 Å². The summed E-state index contributed by atoms with van der Waals surface area (Å²) in [6.45, 7) is 4.48. The summed E-state index contributed by atoms with van der Waals surface area (Å²) in [6.07, 6.45) is 11.0. The van der Waals surface area contributed by atoms with Gasteiger partial charge in [-0.05, 0) is 12.8 Å². The normalized spacial score (nSPS) is 14.6. The molecule has 0 fully saturated rings. The maximum absolute atomic E-state index is 12.1. The van der Waals surface area contributed by atoms with Gasteiger partial charge in [0.1, 0.15) is 0 Å². The Morgan fingerprint density at radius 2 is 1.44 bits per heavy atom. The molecule has 4 heteroatoms. The first kappa shape index (κ1) is 18.5. The summed E-state index contributed by atoms with van der Waals surface area (Å²) in [6, 6.07) is 0. The van der Waals surface area contributed by atoms with Gasteiger partial charge < -0.3 is 4.52 Å². The Morgan fingerprint density at radius 1 is 0.889 bits per heavy atom. The molecular formula is C14H31O2PS. The molecule has 0 saturated heterocycles. The van der Waals surface area contributed by atoms with Crippen LogP contribution in [-0.2, 0) is 9.09 Å². The first-order chi connectivity index (χ1) is 8.62. The summed E-state index contributed by atoms with van der Waals surface area (Å²) < 4.78 is 17.6. The second kappa shape index (κ2) is 12.6. The summed E-state index contributed by atoms with van der Waals surface area (Å²) >= 11 is 1.53. The highest BCUT2D eigenvalue weighted by atomic mass is 32.7. The average Bonchev–Trinajstić information content (AvgIpc) is 2.33. The van der Waals surface area contributed by atoms with Gasteiger partial charge in [0.05, 0.1) is 6.61 Å². The number of hydrogen-bond acceptors (Lipinski definition) is 3. The van der Waals surface area contributed by atoms with E-state index in [-0.39, 0.29) is 0 Å². The van der Waals surface area contributed by atoms with Crippen LogP contribution in [-0.4, -0.2) is 19.0 Å². The lowest BCUT2D eigenvalue weighted by atomic mass is 10.2. The largest absolute Gasteiger partial charge is 0.321 e. The molecule has 0 N–H and O–H groups in total. The van der Waals surface area contributed by atoms with E-state index < -0.39 is 6.57 Å². The van der Waals surface area contributed by atoms with Gasteiger partial charge in [0.2, 0.25) is 0 Å². The lowest BCUT2D eigenvalue weighted by Gasteiger charge is -2.13. The monoisotopic (exact) mass is 294 g/mol. The van der Waals surface area contributed by atoms with E-state index in [1.165, 1.54) is 56.3 Å². The molecule has 0 aromatic rings. The van der Waals surface area contributed by atoms with Gasteiger partial charge >= 0.3 is 0 Å². The molecule has 0 aromatic carbocycles. The molecule has 0 aliphatic carbocycles. The summed E-state index contributed by atoms with van der Waals surface area (Å²) in [5.41, 5.74) is 0. The zero-order chi connectivity index (χ0) is 13.7. The van der Waals surface area contributed by atoms with Crippen molar-refractivity contribution in [2.24, 2.45) is 0 Å². The molecule has 0 bridgehead atoms. The molecule has 2 nitrogen and oxygen atoms in total. The van der Waals surface area contributed by atoms with Crippen LogP contribution in [0.1, 0.15) is 71.6 Å². The topological polar surface area (TPSA) is 26.3 Å². The zero-order valence-corrected chi connectivity index (χ0v) is 14.2.